The van der Waals surface area contributed by atoms with Gasteiger partial charge in [0.05, 0.1) is 5.60 Å². The van der Waals surface area contributed by atoms with Gasteiger partial charge >= 0.3 is 0 Å². The molecule has 2 aliphatic rings. The van der Waals surface area contributed by atoms with Crippen molar-refractivity contribution in [2.24, 2.45) is 11.3 Å². The number of hydrogen-bond donors (Lipinski definition) is 1. The van der Waals surface area contributed by atoms with Crippen molar-refractivity contribution in [2.75, 3.05) is 13.7 Å². The molecule has 2 aliphatic carbocycles. The number of ether oxygens (including phenoxy) is 1. The first-order valence-corrected chi connectivity index (χ1v) is 8.30. The minimum atomic E-state index is 0.0983. The van der Waals surface area contributed by atoms with Crippen molar-refractivity contribution in [1.82, 2.24) is 5.32 Å². The Morgan fingerprint density at radius 2 is 1.79 bits per heavy atom. The van der Waals surface area contributed by atoms with Crippen molar-refractivity contribution in [1.29, 1.82) is 0 Å². The van der Waals surface area contributed by atoms with Gasteiger partial charge in [-0.2, -0.15) is 0 Å². The van der Waals surface area contributed by atoms with Crippen LogP contribution in [-0.4, -0.2) is 25.3 Å². The zero-order chi connectivity index (χ0) is 13.9. The second kappa shape index (κ2) is 6.13. The molecule has 0 heterocycles. The maximum Gasteiger partial charge on any atom is 0.0831 e. The molecule has 2 heteroatoms. The lowest BCUT2D eigenvalue weighted by atomic mass is 9.66. The number of rotatable bonds is 6. The zero-order valence-electron chi connectivity index (χ0n) is 13.4. The van der Waals surface area contributed by atoms with Crippen molar-refractivity contribution in [3.05, 3.63) is 0 Å². The van der Waals surface area contributed by atoms with E-state index in [0.29, 0.717) is 11.5 Å². The van der Waals surface area contributed by atoms with E-state index >= 15 is 0 Å². The highest BCUT2D eigenvalue weighted by Crippen LogP contribution is 2.45. The molecule has 2 saturated carbocycles. The quantitative estimate of drug-likeness (QED) is 0.781. The van der Waals surface area contributed by atoms with Crippen LogP contribution in [0.3, 0.4) is 0 Å². The molecule has 1 atom stereocenters. The van der Waals surface area contributed by atoms with Crippen LogP contribution in [0.4, 0.5) is 0 Å². The molecular formula is C17H33NO. The van der Waals surface area contributed by atoms with Gasteiger partial charge in [0.1, 0.15) is 0 Å². The molecule has 0 aromatic heterocycles. The average molecular weight is 267 g/mol. The predicted octanol–water partition coefficient (Wildman–Crippen LogP) is 4.14. The highest BCUT2D eigenvalue weighted by Gasteiger charge is 2.44. The first-order valence-electron chi connectivity index (χ1n) is 8.30. The summed E-state index contributed by atoms with van der Waals surface area (Å²) in [5.74, 6) is 0.950. The maximum absolute atomic E-state index is 6.09. The van der Waals surface area contributed by atoms with Crippen LogP contribution in [0.2, 0.25) is 0 Å². The Morgan fingerprint density at radius 3 is 2.21 bits per heavy atom. The van der Waals surface area contributed by atoms with Crippen LogP contribution >= 0.6 is 0 Å². The second-order valence-electron chi connectivity index (χ2n) is 7.58. The molecule has 112 valence electrons. The Kier molecular flexibility index (Phi) is 4.94. The van der Waals surface area contributed by atoms with Gasteiger partial charge in [0.25, 0.3) is 0 Å². The van der Waals surface area contributed by atoms with Crippen LogP contribution in [-0.2, 0) is 4.74 Å². The number of likely N-dealkylation sites (N-methyl/N-ethyl adjacent to an activating group) is 1. The van der Waals surface area contributed by atoms with Crippen LogP contribution in [0.1, 0.15) is 72.1 Å². The third kappa shape index (κ3) is 3.52. The second-order valence-corrected chi connectivity index (χ2v) is 7.58. The average Bonchev–Trinajstić information content (AvgIpc) is 2.33. The van der Waals surface area contributed by atoms with E-state index in [9.17, 15) is 0 Å². The Labute approximate surface area is 119 Å². The summed E-state index contributed by atoms with van der Waals surface area (Å²) in [6.45, 7) is 8.09. The minimum absolute atomic E-state index is 0.0983. The van der Waals surface area contributed by atoms with Gasteiger partial charge in [-0.05, 0) is 50.0 Å². The van der Waals surface area contributed by atoms with E-state index in [1.54, 1.807) is 0 Å². The van der Waals surface area contributed by atoms with E-state index in [1.165, 1.54) is 51.4 Å². The largest absolute Gasteiger partial charge is 0.377 e. The zero-order valence-corrected chi connectivity index (χ0v) is 13.4. The highest BCUT2D eigenvalue weighted by molar-refractivity contribution is 4.99. The summed E-state index contributed by atoms with van der Waals surface area (Å²) >= 11 is 0. The number of nitrogens with one attached hydrogen (secondary N) is 1. The fraction of sp³-hybridized carbons (Fsp3) is 1.00. The van der Waals surface area contributed by atoms with E-state index in [-0.39, 0.29) is 5.60 Å². The number of hydrogen-bond acceptors (Lipinski definition) is 2. The molecule has 0 aromatic rings. The highest BCUT2D eigenvalue weighted by atomic mass is 16.5. The standard InChI is InChI=1S/C17H33NO/c1-5-18-15(13-14-7-6-8-14)17(19-4)11-9-16(2,3)10-12-17/h14-15,18H,5-13H2,1-4H3. The summed E-state index contributed by atoms with van der Waals surface area (Å²) in [6, 6.07) is 0.559. The molecule has 2 fully saturated rings. The molecular weight excluding hydrogens is 234 g/mol. The van der Waals surface area contributed by atoms with Crippen molar-refractivity contribution in [2.45, 2.75) is 83.8 Å². The van der Waals surface area contributed by atoms with Gasteiger partial charge in [0.2, 0.25) is 0 Å². The molecule has 0 aromatic carbocycles. The molecule has 0 spiro atoms. The fourth-order valence-electron chi connectivity index (χ4n) is 3.84. The molecule has 1 unspecified atom stereocenters. The van der Waals surface area contributed by atoms with Gasteiger partial charge in [-0.25, -0.2) is 0 Å². The number of methoxy groups -OCH3 is 1. The molecule has 19 heavy (non-hydrogen) atoms. The third-order valence-corrected chi connectivity index (χ3v) is 5.74. The van der Waals surface area contributed by atoms with E-state index in [4.69, 9.17) is 4.74 Å². The first-order chi connectivity index (χ1) is 9.01. The molecule has 0 bridgehead atoms. The topological polar surface area (TPSA) is 21.3 Å². The van der Waals surface area contributed by atoms with Gasteiger partial charge in [0.15, 0.2) is 0 Å². The van der Waals surface area contributed by atoms with Crippen molar-refractivity contribution in [3.8, 4) is 0 Å². The summed E-state index contributed by atoms with van der Waals surface area (Å²) < 4.78 is 6.09. The summed E-state index contributed by atoms with van der Waals surface area (Å²) in [5.41, 5.74) is 0.608. The molecule has 2 rings (SSSR count). The van der Waals surface area contributed by atoms with Crippen molar-refractivity contribution < 1.29 is 4.74 Å². The molecule has 0 aliphatic heterocycles. The lowest BCUT2D eigenvalue weighted by molar-refractivity contribution is -0.0922. The third-order valence-electron chi connectivity index (χ3n) is 5.74. The molecule has 0 radical (unpaired) electrons. The molecule has 0 amide bonds. The van der Waals surface area contributed by atoms with Crippen LogP contribution in [0.25, 0.3) is 0 Å². The van der Waals surface area contributed by atoms with E-state index < -0.39 is 0 Å². The van der Waals surface area contributed by atoms with Crippen LogP contribution in [0.5, 0.6) is 0 Å². The Bertz CT molecular complexity index is 273. The van der Waals surface area contributed by atoms with Crippen molar-refractivity contribution in [3.63, 3.8) is 0 Å². The fourth-order valence-corrected chi connectivity index (χ4v) is 3.84. The van der Waals surface area contributed by atoms with E-state index in [0.717, 1.165) is 12.5 Å². The van der Waals surface area contributed by atoms with Crippen LogP contribution < -0.4 is 5.32 Å². The summed E-state index contributed by atoms with van der Waals surface area (Å²) in [6.07, 6.45) is 10.7. The Morgan fingerprint density at radius 1 is 1.16 bits per heavy atom. The predicted molar refractivity (Wildman–Crippen MR) is 81.4 cm³/mol. The normalized spacial score (nSPS) is 27.8. The summed E-state index contributed by atoms with van der Waals surface area (Å²) in [5, 5.41) is 3.75. The van der Waals surface area contributed by atoms with Gasteiger partial charge in [-0.1, -0.05) is 40.0 Å². The van der Waals surface area contributed by atoms with Gasteiger partial charge in [-0.15, -0.1) is 0 Å². The first kappa shape index (κ1) is 15.3. The van der Waals surface area contributed by atoms with E-state index in [2.05, 4.69) is 26.1 Å². The summed E-state index contributed by atoms with van der Waals surface area (Å²) in [4.78, 5) is 0. The Hall–Kier alpha value is -0.0800. The summed E-state index contributed by atoms with van der Waals surface area (Å²) in [7, 11) is 1.93. The van der Waals surface area contributed by atoms with Gasteiger partial charge in [-0.3, -0.25) is 0 Å². The van der Waals surface area contributed by atoms with Crippen molar-refractivity contribution >= 4 is 0 Å². The van der Waals surface area contributed by atoms with Crippen LogP contribution in [0, 0.1) is 11.3 Å². The van der Waals surface area contributed by atoms with Crippen LogP contribution in [0.15, 0.2) is 0 Å². The van der Waals surface area contributed by atoms with E-state index in [1.807, 2.05) is 7.11 Å². The smallest absolute Gasteiger partial charge is 0.0831 e. The maximum atomic E-state index is 6.09. The SMILES string of the molecule is CCNC(CC1CCC1)C1(OC)CCC(C)(C)CC1. The van der Waals surface area contributed by atoms with Gasteiger partial charge in [0, 0.05) is 13.2 Å². The molecule has 2 nitrogen and oxygen atoms in total. The molecule has 0 saturated heterocycles. The Balaban J connectivity index is 2.02. The monoisotopic (exact) mass is 267 g/mol. The molecule has 1 N–H and O–H groups in total. The minimum Gasteiger partial charge on any atom is -0.377 e. The lowest BCUT2D eigenvalue weighted by Gasteiger charge is -2.48. The lowest BCUT2D eigenvalue weighted by Crippen LogP contribution is -2.55. The van der Waals surface area contributed by atoms with Gasteiger partial charge < -0.3 is 10.1 Å².